The zero-order valence-corrected chi connectivity index (χ0v) is 41.2. The maximum atomic E-state index is 6.66. The highest BCUT2D eigenvalue weighted by molar-refractivity contribution is 5.92. The van der Waals surface area contributed by atoms with Crippen LogP contribution in [0.2, 0.25) is 0 Å². The Morgan fingerprint density at radius 1 is 0.417 bits per heavy atom. The number of aryl methyl sites for hydroxylation is 1. The van der Waals surface area contributed by atoms with E-state index in [9.17, 15) is 0 Å². The summed E-state index contributed by atoms with van der Waals surface area (Å²) in [6, 6.07) is 92.4. The lowest BCUT2D eigenvalue weighted by Crippen LogP contribution is -2.29. The van der Waals surface area contributed by atoms with Crippen LogP contribution in [0.15, 0.2) is 261 Å². The molecule has 2 aliphatic carbocycles. The van der Waals surface area contributed by atoms with Crippen LogP contribution in [0.25, 0.3) is 33.4 Å². The number of ether oxygens (including phenoxy) is 1. The van der Waals surface area contributed by atoms with E-state index in [-0.39, 0.29) is 6.10 Å². The van der Waals surface area contributed by atoms with Crippen LogP contribution in [0, 0.1) is 12.8 Å². The van der Waals surface area contributed by atoms with Crippen molar-refractivity contribution in [2.24, 2.45) is 5.92 Å². The molecule has 0 heterocycles. The summed E-state index contributed by atoms with van der Waals surface area (Å²) in [6.45, 7) is 10.6. The molecule has 10 aromatic rings. The zero-order chi connectivity index (χ0) is 48.8. The van der Waals surface area contributed by atoms with Crippen molar-refractivity contribution in [1.29, 1.82) is 0 Å². The van der Waals surface area contributed by atoms with Gasteiger partial charge in [0.25, 0.3) is 0 Å². The van der Waals surface area contributed by atoms with E-state index in [0.717, 1.165) is 29.2 Å². The number of fused-ring (bicyclic) bond motifs is 6. The number of anilines is 3. The van der Waals surface area contributed by atoms with Gasteiger partial charge in [-0.05, 0) is 139 Å². The third-order valence-electron chi connectivity index (χ3n) is 15.4. The van der Waals surface area contributed by atoms with Crippen LogP contribution in [-0.2, 0) is 10.8 Å². The molecule has 348 valence electrons. The minimum atomic E-state index is -0.634. The van der Waals surface area contributed by atoms with Gasteiger partial charge in [-0.25, -0.2) is 0 Å². The first-order valence-electron chi connectivity index (χ1n) is 25.4. The first kappa shape index (κ1) is 44.7. The number of rotatable bonds is 13. The minimum absolute atomic E-state index is 0.0431. The Hall–Kier alpha value is -8.46. The second kappa shape index (κ2) is 18.4. The first-order chi connectivity index (χ1) is 35.4. The highest BCUT2D eigenvalue weighted by atomic mass is 16.5. The van der Waals surface area contributed by atoms with Crippen molar-refractivity contribution in [2.75, 3.05) is 4.90 Å². The molecule has 0 N–H and O–H groups in total. The maximum absolute atomic E-state index is 6.66. The fourth-order valence-corrected chi connectivity index (χ4v) is 12.0. The van der Waals surface area contributed by atoms with Gasteiger partial charge in [-0.1, -0.05) is 226 Å². The third-order valence-corrected chi connectivity index (χ3v) is 15.4. The van der Waals surface area contributed by atoms with E-state index in [1.54, 1.807) is 0 Å². The molecule has 0 amide bonds. The Kier molecular flexibility index (Phi) is 11.4. The molecule has 0 bridgehead atoms. The summed E-state index contributed by atoms with van der Waals surface area (Å²) in [5.74, 6) is 1.21. The molecule has 0 fully saturated rings. The Morgan fingerprint density at radius 2 is 0.819 bits per heavy atom. The number of hydrogen-bond donors (Lipinski definition) is 0. The number of nitrogens with zero attached hydrogens (tertiary/aromatic N) is 1. The Balaban J connectivity index is 1.10. The van der Waals surface area contributed by atoms with Crippen molar-refractivity contribution in [3.63, 3.8) is 0 Å². The summed E-state index contributed by atoms with van der Waals surface area (Å²) in [5.41, 5.74) is 20.6. The highest BCUT2D eigenvalue weighted by Gasteiger charge is 2.48. The first-order valence-corrected chi connectivity index (χ1v) is 25.4. The fourth-order valence-electron chi connectivity index (χ4n) is 12.0. The Labute approximate surface area is 425 Å². The van der Waals surface area contributed by atoms with Crippen molar-refractivity contribution in [2.45, 2.75) is 44.1 Å². The lowest BCUT2D eigenvalue weighted by molar-refractivity contribution is 0.154. The molecule has 0 saturated carbocycles. The van der Waals surface area contributed by atoms with Crippen molar-refractivity contribution in [1.82, 2.24) is 0 Å². The van der Waals surface area contributed by atoms with Gasteiger partial charge in [-0.15, -0.1) is 6.58 Å². The van der Waals surface area contributed by atoms with Crippen LogP contribution in [0.3, 0.4) is 0 Å². The molecule has 0 radical (unpaired) electrons. The summed E-state index contributed by atoms with van der Waals surface area (Å²) < 4.78 is 6.66. The molecular formula is C70H57NO. The fraction of sp³-hybridized carbons (Fsp3) is 0.114. The molecule has 2 heteroatoms. The molecular weight excluding hydrogens is 871 g/mol. The molecule has 0 saturated heterocycles. The van der Waals surface area contributed by atoms with E-state index < -0.39 is 10.8 Å². The van der Waals surface area contributed by atoms with E-state index in [1.807, 2.05) is 6.08 Å². The van der Waals surface area contributed by atoms with Gasteiger partial charge in [0.05, 0.1) is 10.8 Å². The Bertz CT molecular complexity index is 3520. The van der Waals surface area contributed by atoms with E-state index in [0.29, 0.717) is 5.92 Å². The summed E-state index contributed by atoms with van der Waals surface area (Å²) in [7, 11) is 0. The second-order valence-corrected chi connectivity index (χ2v) is 19.8. The number of benzene rings is 10. The molecule has 0 spiro atoms. The van der Waals surface area contributed by atoms with Crippen molar-refractivity contribution in [3.8, 4) is 39.1 Å². The predicted octanol–water partition coefficient (Wildman–Crippen LogP) is 17.8. The van der Waals surface area contributed by atoms with Gasteiger partial charge in [0.1, 0.15) is 11.9 Å². The van der Waals surface area contributed by atoms with E-state index in [2.05, 4.69) is 281 Å². The smallest absolute Gasteiger partial charge is 0.119 e. The van der Waals surface area contributed by atoms with E-state index >= 15 is 0 Å². The molecule has 0 aromatic heterocycles. The van der Waals surface area contributed by atoms with Gasteiger partial charge in [0, 0.05) is 23.5 Å². The van der Waals surface area contributed by atoms with Gasteiger partial charge < -0.3 is 9.64 Å². The van der Waals surface area contributed by atoms with Crippen LogP contribution in [-0.4, -0.2) is 6.10 Å². The van der Waals surface area contributed by atoms with Crippen LogP contribution in [0.5, 0.6) is 5.75 Å². The molecule has 72 heavy (non-hydrogen) atoms. The van der Waals surface area contributed by atoms with Crippen LogP contribution < -0.4 is 9.64 Å². The van der Waals surface area contributed by atoms with Gasteiger partial charge in [-0.2, -0.15) is 0 Å². The van der Waals surface area contributed by atoms with Gasteiger partial charge in [-0.3, -0.25) is 0 Å². The monoisotopic (exact) mass is 927 g/mol. The van der Waals surface area contributed by atoms with Crippen molar-refractivity contribution >= 4 is 17.1 Å². The Morgan fingerprint density at radius 3 is 1.31 bits per heavy atom. The van der Waals surface area contributed by atoms with E-state index in [4.69, 9.17) is 4.74 Å². The zero-order valence-electron chi connectivity index (χ0n) is 41.2. The molecule has 2 aliphatic rings. The molecule has 2 unspecified atom stereocenters. The summed E-state index contributed by atoms with van der Waals surface area (Å²) in [4.78, 5) is 2.48. The minimum Gasteiger partial charge on any atom is -0.490 e. The standard InChI is InChI=1S/C70H57NO/c1-5-19-68(48(2)3)72-59-42-36-55(37-43-59)70(54-34-30-49(4)31-35-54)65-29-18-16-27-61(65)63-45-41-58(47-67(63)70)71(56-38-32-51(33-39-56)50-20-9-6-10-21-50)57-40-44-62-60-26-15-17-28-64(60)69(66(62)46-57,52-22-11-7-12-23-52)53-24-13-8-14-25-53/h5-18,20-48,68H,1,19H2,2-4H3. The largest absolute Gasteiger partial charge is 0.490 e. The van der Waals surface area contributed by atoms with Crippen LogP contribution >= 0.6 is 0 Å². The van der Waals surface area contributed by atoms with Gasteiger partial charge >= 0.3 is 0 Å². The van der Waals surface area contributed by atoms with Crippen molar-refractivity contribution in [3.05, 3.63) is 311 Å². The topological polar surface area (TPSA) is 12.5 Å². The quantitative estimate of drug-likeness (QED) is 0.107. The molecule has 12 rings (SSSR count). The summed E-state index contributed by atoms with van der Waals surface area (Å²) in [5, 5.41) is 0. The van der Waals surface area contributed by atoms with Crippen LogP contribution in [0.1, 0.15) is 70.3 Å². The SMILES string of the molecule is C=CCC(Oc1ccc(C2(c3ccc(C)cc3)c3ccccc3-c3ccc(N(c4ccc(-c5ccccc5)cc4)c4ccc5c(c4)C(c4ccccc4)(c4ccccc4)c4ccccc4-5)cc32)cc1)C(C)C. The molecule has 10 aromatic carbocycles. The lowest BCUT2D eigenvalue weighted by Gasteiger charge is -2.36. The van der Waals surface area contributed by atoms with Gasteiger partial charge in [0.2, 0.25) is 0 Å². The lowest BCUT2D eigenvalue weighted by atomic mass is 9.67. The average molecular weight is 928 g/mol. The maximum Gasteiger partial charge on any atom is 0.119 e. The normalized spacial score (nSPS) is 15.2. The van der Waals surface area contributed by atoms with Crippen LogP contribution in [0.4, 0.5) is 17.1 Å². The molecule has 0 aliphatic heterocycles. The predicted molar refractivity (Wildman–Crippen MR) is 300 cm³/mol. The van der Waals surface area contributed by atoms with Gasteiger partial charge in [0.15, 0.2) is 0 Å². The summed E-state index contributed by atoms with van der Waals surface area (Å²) in [6.07, 6.45) is 2.79. The number of hydrogen-bond acceptors (Lipinski definition) is 2. The molecule has 2 nitrogen and oxygen atoms in total. The second-order valence-electron chi connectivity index (χ2n) is 19.8. The highest BCUT2D eigenvalue weighted by Crippen LogP contribution is 2.60. The van der Waals surface area contributed by atoms with E-state index in [1.165, 1.54) is 83.5 Å². The summed E-state index contributed by atoms with van der Waals surface area (Å²) >= 11 is 0. The third kappa shape index (κ3) is 7.24. The molecule has 2 atom stereocenters. The average Bonchev–Trinajstić information content (AvgIpc) is 3.90. The van der Waals surface area contributed by atoms with Crippen molar-refractivity contribution < 1.29 is 4.74 Å².